The second kappa shape index (κ2) is 5.44. The monoisotopic (exact) mass is 320 g/mol. The van der Waals surface area contributed by atoms with Crippen LogP contribution in [0, 0.1) is 5.82 Å². The molecule has 0 spiro atoms. The molecule has 1 aliphatic heterocycles. The van der Waals surface area contributed by atoms with E-state index in [0.29, 0.717) is 12.1 Å². The molecule has 0 aliphatic carbocycles. The second-order valence-corrected chi connectivity index (χ2v) is 6.72. The summed E-state index contributed by atoms with van der Waals surface area (Å²) in [5, 5.41) is 0.767. The number of benzene rings is 1. The Morgan fingerprint density at radius 1 is 1.35 bits per heavy atom. The van der Waals surface area contributed by atoms with Gasteiger partial charge >= 0.3 is 6.09 Å². The van der Waals surface area contributed by atoms with Gasteiger partial charge in [-0.1, -0.05) is 0 Å². The lowest BCUT2D eigenvalue weighted by Crippen LogP contribution is -2.39. The van der Waals surface area contributed by atoms with Gasteiger partial charge in [-0.15, -0.1) is 0 Å². The fourth-order valence-electron chi connectivity index (χ4n) is 2.91. The summed E-state index contributed by atoms with van der Waals surface area (Å²) in [5.74, 6) is -0.267. The SMILES string of the molecule is COc1cc2c3c([nH]c2cc1F)CCCN3C(=O)OC(C)(C)C. The van der Waals surface area contributed by atoms with Crippen LogP contribution in [0.2, 0.25) is 0 Å². The van der Waals surface area contributed by atoms with Crippen LogP contribution in [0.15, 0.2) is 12.1 Å². The molecule has 1 aromatic heterocycles. The number of fused-ring (bicyclic) bond motifs is 3. The Morgan fingerprint density at radius 3 is 2.74 bits per heavy atom. The molecule has 0 radical (unpaired) electrons. The Kier molecular flexibility index (Phi) is 3.70. The van der Waals surface area contributed by atoms with Crippen LogP contribution in [-0.2, 0) is 11.2 Å². The molecule has 0 bridgehead atoms. The summed E-state index contributed by atoms with van der Waals surface area (Å²) >= 11 is 0. The molecule has 6 heteroatoms. The largest absolute Gasteiger partial charge is 0.494 e. The van der Waals surface area contributed by atoms with Crippen molar-refractivity contribution < 1.29 is 18.7 Å². The number of ether oxygens (including phenoxy) is 2. The van der Waals surface area contributed by atoms with Crippen molar-refractivity contribution in [2.24, 2.45) is 0 Å². The van der Waals surface area contributed by atoms with Crippen LogP contribution in [0.1, 0.15) is 32.9 Å². The first-order valence-electron chi connectivity index (χ1n) is 7.69. The minimum absolute atomic E-state index is 0.161. The van der Waals surface area contributed by atoms with Crippen LogP contribution < -0.4 is 9.64 Å². The molecule has 1 amide bonds. The number of amides is 1. The number of H-pyrrole nitrogens is 1. The van der Waals surface area contributed by atoms with E-state index < -0.39 is 11.4 Å². The quantitative estimate of drug-likeness (QED) is 0.864. The predicted molar refractivity (Wildman–Crippen MR) is 86.7 cm³/mol. The van der Waals surface area contributed by atoms with Crippen molar-refractivity contribution in [3.8, 4) is 5.75 Å². The average molecular weight is 320 g/mol. The van der Waals surface area contributed by atoms with Gasteiger partial charge in [-0.3, -0.25) is 4.90 Å². The van der Waals surface area contributed by atoms with Crippen LogP contribution in [0.4, 0.5) is 14.9 Å². The maximum Gasteiger partial charge on any atom is 0.414 e. The number of halogens is 1. The zero-order chi connectivity index (χ0) is 16.8. The fraction of sp³-hybridized carbons (Fsp3) is 0.471. The van der Waals surface area contributed by atoms with E-state index in [-0.39, 0.29) is 11.8 Å². The van der Waals surface area contributed by atoms with Crippen LogP contribution in [0.25, 0.3) is 10.9 Å². The summed E-state index contributed by atoms with van der Waals surface area (Å²) in [7, 11) is 1.43. The molecular weight excluding hydrogens is 299 g/mol. The van der Waals surface area contributed by atoms with Crippen LogP contribution in [0.5, 0.6) is 5.75 Å². The smallest absolute Gasteiger partial charge is 0.414 e. The molecule has 124 valence electrons. The predicted octanol–water partition coefficient (Wildman–Crippen LogP) is 4.00. The van der Waals surface area contributed by atoms with Gasteiger partial charge in [-0.25, -0.2) is 9.18 Å². The van der Waals surface area contributed by atoms with E-state index in [1.807, 2.05) is 20.8 Å². The Hall–Kier alpha value is -2.24. The number of anilines is 1. The van der Waals surface area contributed by atoms with Gasteiger partial charge in [-0.2, -0.15) is 0 Å². The molecule has 2 heterocycles. The van der Waals surface area contributed by atoms with Crippen molar-refractivity contribution in [2.75, 3.05) is 18.6 Å². The third-order valence-electron chi connectivity index (χ3n) is 3.81. The molecule has 0 saturated heterocycles. The van der Waals surface area contributed by atoms with Crippen LogP contribution in [0.3, 0.4) is 0 Å². The molecule has 2 aromatic rings. The number of nitrogens with one attached hydrogen (secondary N) is 1. The zero-order valence-electron chi connectivity index (χ0n) is 13.8. The van der Waals surface area contributed by atoms with E-state index in [2.05, 4.69) is 4.98 Å². The summed E-state index contributed by atoms with van der Waals surface area (Å²) in [4.78, 5) is 17.4. The van der Waals surface area contributed by atoms with Crippen molar-refractivity contribution in [3.63, 3.8) is 0 Å². The zero-order valence-corrected chi connectivity index (χ0v) is 13.8. The van der Waals surface area contributed by atoms with Gasteiger partial charge in [0.25, 0.3) is 0 Å². The van der Waals surface area contributed by atoms with Crippen molar-refractivity contribution >= 4 is 22.7 Å². The molecule has 5 nitrogen and oxygen atoms in total. The van der Waals surface area contributed by atoms with Crippen molar-refractivity contribution in [1.82, 2.24) is 4.98 Å². The number of nitrogens with zero attached hydrogens (tertiary/aromatic N) is 1. The number of carbonyl (C=O) groups excluding carboxylic acids is 1. The van der Waals surface area contributed by atoms with E-state index >= 15 is 0 Å². The first-order valence-corrected chi connectivity index (χ1v) is 7.69. The number of aryl methyl sites for hydroxylation is 1. The highest BCUT2D eigenvalue weighted by molar-refractivity contribution is 6.03. The Morgan fingerprint density at radius 2 is 2.09 bits per heavy atom. The normalized spacial score (nSPS) is 14.7. The van der Waals surface area contributed by atoms with Gasteiger partial charge in [-0.05, 0) is 39.7 Å². The van der Waals surface area contributed by atoms with E-state index in [0.717, 1.165) is 29.6 Å². The molecule has 3 rings (SSSR count). The highest BCUT2D eigenvalue weighted by Crippen LogP contribution is 2.38. The summed E-state index contributed by atoms with van der Waals surface area (Å²) < 4.78 is 24.5. The number of rotatable bonds is 1. The van der Waals surface area contributed by atoms with E-state index in [9.17, 15) is 9.18 Å². The molecule has 23 heavy (non-hydrogen) atoms. The standard InChI is InChI=1S/C17H21FN2O3/c1-17(2,3)23-16(21)20-7-5-6-12-15(20)10-8-14(22-4)11(18)9-13(10)19-12/h8-9,19H,5-7H2,1-4H3. The number of hydrogen-bond acceptors (Lipinski definition) is 3. The molecule has 0 fully saturated rings. The Balaban J connectivity index is 2.09. The lowest BCUT2D eigenvalue weighted by Gasteiger charge is -2.30. The first-order chi connectivity index (χ1) is 10.8. The van der Waals surface area contributed by atoms with Crippen molar-refractivity contribution in [1.29, 1.82) is 0 Å². The van der Waals surface area contributed by atoms with Gasteiger partial charge in [0.2, 0.25) is 0 Å². The van der Waals surface area contributed by atoms with Gasteiger partial charge in [0.1, 0.15) is 5.60 Å². The Bertz CT molecular complexity index is 761. The third-order valence-corrected chi connectivity index (χ3v) is 3.81. The third kappa shape index (κ3) is 2.85. The number of aromatic amines is 1. The second-order valence-electron chi connectivity index (χ2n) is 6.72. The molecule has 1 aliphatic rings. The van der Waals surface area contributed by atoms with Crippen molar-refractivity contribution in [2.45, 2.75) is 39.2 Å². The van der Waals surface area contributed by atoms with Gasteiger partial charge in [0.05, 0.1) is 18.3 Å². The highest BCUT2D eigenvalue weighted by atomic mass is 19.1. The van der Waals surface area contributed by atoms with Gasteiger partial charge in [0, 0.05) is 23.7 Å². The maximum absolute atomic E-state index is 13.9. The highest BCUT2D eigenvalue weighted by Gasteiger charge is 2.30. The van der Waals surface area contributed by atoms with Gasteiger partial charge < -0.3 is 14.5 Å². The average Bonchev–Trinajstić information content (AvgIpc) is 2.81. The molecule has 1 N–H and O–H groups in total. The molecule has 0 atom stereocenters. The lowest BCUT2D eigenvalue weighted by molar-refractivity contribution is 0.0578. The topological polar surface area (TPSA) is 54.6 Å². The number of aromatic nitrogens is 1. The molecule has 0 unspecified atom stereocenters. The molecule has 0 saturated carbocycles. The van der Waals surface area contributed by atoms with E-state index in [1.165, 1.54) is 13.2 Å². The summed E-state index contributed by atoms with van der Waals surface area (Å²) in [6, 6.07) is 3.03. The molecule has 1 aromatic carbocycles. The number of hydrogen-bond donors (Lipinski definition) is 1. The minimum Gasteiger partial charge on any atom is -0.494 e. The van der Waals surface area contributed by atoms with E-state index in [4.69, 9.17) is 9.47 Å². The lowest BCUT2D eigenvalue weighted by atomic mass is 10.1. The minimum atomic E-state index is -0.565. The van der Waals surface area contributed by atoms with Crippen LogP contribution in [-0.4, -0.2) is 30.3 Å². The number of methoxy groups -OCH3 is 1. The first kappa shape index (κ1) is 15.6. The van der Waals surface area contributed by atoms with E-state index in [1.54, 1.807) is 11.0 Å². The fourth-order valence-corrected chi connectivity index (χ4v) is 2.91. The summed E-state index contributed by atoms with van der Waals surface area (Å²) in [5.41, 5.74) is 1.78. The van der Waals surface area contributed by atoms with Crippen molar-refractivity contribution in [3.05, 3.63) is 23.6 Å². The summed E-state index contributed by atoms with van der Waals surface area (Å²) in [6.07, 6.45) is 1.26. The number of carbonyl (C=O) groups is 1. The molecular formula is C17H21FN2O3. The summed E-state index contributed by atoms with van der Waals surface area (Å²) in [6.45, 7) is 6.09. The van der Waals surface area contributed by atoms with Crippen LogP contribution >= 0.6 is 0 Å². The Labute approximate surface area is 134 Å². The maximum atomic E-state index is 13.9. The van der Waals surface area contributed by atoms with Gasteiger partial charge in [0.15, 0.2) is 11.6 Å².